The number of rotatable bonds is 4. The molecule has 0 radical (unpaired) electrons. The molecule has 1 heterocycles. The molecule has 1 aliphatic carbocycles. The summed E-state index contributed by atoms with van der Waals surface area (Å²) in [5, 5.41) is 18.7. The highest BCUT2D eigenvalue weighted by molar-refractivity contribution is 5.92. The average Bonchev–Trinajstić information content (AvgIpc) is 2.88. The molecule has 1 aromatic carbocycles. The number of nitrogens with zero attached hydrogens (tertiary/aromatic N) is 2. The van der Waals surface area contributed by atoms with Crippen molar-refractivity contribution in [3.05, 3.63) is 46.8 Å². The number of benzene rings is 1. The Morgan fingerprint density at radius 2 is 1.92 bits per heavy atom. The lowest BCUT2D eigenvalue weighted by Gasteiger charge is -2.26. The lowest BCUT2D eigenvalue weighted by molar-refractivity contribution is 0.0694. The number of carboxylic acids is 1. The highest BCUT2D eigenvalue weighted by atomic mass is 16.4. The third kappa shape index (κ3) is 3.60. The highest BCUT2D eigenvalue weighted by Crippen LogP contribution is 2.32. The molecule has 3 rings (SSSR count). The molecule has 0 aliphatic heterocycles. The van der Waals surface area contributed by atoms with Crippen molar-refractivity contribution in [2.45, 2.75) is 52.0 Å². The van der Waals surface area contributed by atoms with E-state index < -0.39 is 5.97 Å². The third-order valence-electron chi connectivity index (χ3n) is 5.03. The number of carbonyl (C=O) groups is 1. The van der Waals surface area contributed by atoms with E-state index in [2.05, 4.69) is 29.5 Å². The molecule has 2 N–H and O–H groups in total. The van der Waals surface area contributed by atoms with Gasteiger partial charge in [-0.25, -0.2) is 4.79 Å². The largest absolute Gasteiger partial charge is 0.507 e. The van der Waals surface area contributed by atoms with Crippen molar-refractivity contribution in [3.63, 3.8) is 0 Å². The number of phenols is 1. The summed E-state index contributed by atoms with van der Waals surface area (Å²) in [6.07, 6.45) is 8.14. The van der Waals surface area contributed by atoms with Crippen LogP contribution >= 0.6 is 0 Å². The van der Waals surface area contributed by atoms with E-state index in [0.29, 0.717) is 11.7 Å². The summed E-state index contributed by atoms with van der Waals surface area (Å²) in [4.78, 5) is 15.5. The molecule has 0 spiro atoms. The van der Waals surface area contributed by atoms with Crippen molar-refractivity contribution in [1.82, 2.24) is 4.57 Å². The molecular weight excluding hydrogens is 316 g/mol. The summed E-state index contributed by atoms with van der Waals surface area (Å²) in [5.74, 6) is -1.41. The first-order valence-corrected chi connectivity index (χ1v) is 8.76. The standard InChI is InChI=1S/C20H24N2O3/c1-13-10-15(14(2)22(13)17-6-4-3-5-7-17)12-21-16-8-9-19(23)18(11-16)20(24)25/h8-12,17,23H,3-7H2,1-2H3,(H,24,25). The average molecular weight is 340 g/mol. The first-order valence-electron chi connectivity index (χ1n) is 8.76. The number of aromatic nitrogens is 1. The Hall–Kier alpha value is -2.56. The maximum Gasteiger partial charge on any atom is 0.339 e. The Balaban J connectivity index is 1.87. The summed E-state index contributed by atoms with van der Waals surface area (Å²) >= 11 is 0. The van der Waals surface area contributed by atoms with Crippen molar-refractivity contribution >= 4 is 17.9 Å². The second kappa shape index (κ2) is 7.13. The molecular formula is C20H24N2O3. The van der Waals surface area contributed by atoms with E-state index in [4.69, 9.17) is 5.11 Å². The maximum atomic E-state index is 11.1. The fourth-order valence-electron chi connectivity index (χ4n) is 3.75. The number of hydrogen-bond donors (Lipinski definition) is 2. The number of aliphatic imine (C=N–C) groups is 1. The van der Waals surface area contributed by atoms with Gasteiger partial charge in [-0.15, -0.1) is 0 Å². The fraction of sp³-hybridized carbons (Fsp3) is 0.400. The second-order valence-corrected chi connectivity index (χ2v) is 6.75. The minimum Gasteiger partial charge on any atom is -0.507 e. The predicted molar refractivity (Wildman–Crippen MR) is 98.3 cm³/mol. The van der Waals surface area contributed by atoms with E-state index in [1.54, 1.807) is 12.3 Å². The smallest absolute Gasteiger partial charge is 0.339 e. The second-order valence-electron chi connectivity index (χ2n) is 6.75. The van der Waals surface area contributed by atoms with Crippen LogP contribution in [0.15, 0.2) is 29.3 Å². The quantitative estimate of drug-likeness (QED) is 0.788. The Morgan fingerprint density at radius 1 is 1.20 bits per heavy atom. The van der Waals surface area contributed by atoms with Crippen LogP contribution in [-0.2, 0) is 0 Å². The van der Waals surface area contributed by atoms with Gasteiger partial charge in [0, 0.05) is 29.2 Å². The topological polar surface area (TPSA) is 74.8 Å². The number of aromatic hydroxyl groups is 1. The molecule has 2 aromatic rings. The lowest BCUT2D eigenvalue weighted by Crippen LogP contribution is -2.15. The van der Waals surface area contributed by atoms with Crippen molar-refractivity contribution in [2.75, 3.05) is 0 Å². The number of aromatic carboxylic acids is 1. The van der Waals surface area contributed by atoms with Gasteiger partial charge < -0.3 is 14.8 Å². The van der Waals surface area contributed by atoms with Gasteiger partial charge in [0.2, 0.25) is 0 Å². The molecule has 0 bridgehead atoms. The molecule has 1 fully saturated rings. The summed E-state index contributed by atoms with van der Waals surface area (Å²) < 4.78 is 2.42. The highest BCUT2D eigenvalue weighted by Gasteiger charge is 2.19. The molecule has 25 heavy (non-hydrogen) atoms. The van der Waals surface area contributed by atoms with Crippen LogP contribution in [0.3, 0.4) is 0 Å². The minimum absolute atomic E-state index is 0.137. The van der Waals surface area contributed by atoms with E-state index in [1.807, 2.05) is 0 Å². The van der Waals surface area contributed by atoms with Gasteiger partial charge in [0.05, 0.1) is 5.69 Å². The predicted octanol–water partition coefficient (Wildman–Crippen LogP) is 4.76. The van der Waals surface area contributed by atoms with Crippen LogP contribution in [0.1, 0.15) is 65.5 Å². The van der Waals surface area contributed by atoms with E-state index in [0.717, 1.165) is 5.56 Å². The molecule has 0 unspecified atom stereocenters. The summed E-state index contributed by atoms with van der Waals surface area (Å²) in [7, 11) is 0. The molecule has 5 heteroatoms. The molecule has 1 aromatic heterocycles. The lowest BCUT2D eigenvalue weighted by atomic mass is 9.95. The molecule has 0 saturated heterocycles. The number of hydrogen-bond acceptors (Lipinski definition) is 3. The van der Waals surface area contributed by atoms with Crippen LogP contribution in [-0.4, -0.2) is 27.0 Å². The van der Waals surface area contributed by atoms with Crippen LogP contribution < -0.4 is 0 Å². The Labute approximate surface area is 147 Å². The van der Waals surface area contributed by atoms with Crippen molar-refractivity contribution in [3.8, 4) is 5.75 Å². The van der Waals surface area contributed by atoms with E-state index in [9.17, 15) is 9.90 Å². The monoisotopic (exact) mass is 340 g/mol. The van der Waals surface area contributed by atoms with Gasteiger partial charge in [-0.1, -0.05) is 19.3 Å². The molecule has 5 nitrogen and oxygen atoms in total. The summed E-state index contributed by atoms with van der Waals surface area (Å²) in [6.45, 7) is 4.24. The molecule has 0 amide bonds. The fourth-order valence-corrected chi connectivity index (χ4v) is 3.75. The zero-order chi connectivity index (χ0) is 18.0. The van der Waals surface area contributed by atoms with Crippen LogP contribution in [0.5, 0.6) is 5.75 Å². The van der Waals surface area contributed by atoms with E-state index in [1.165, 1.54) is 55.6 Å². The summed E-state index contributed by atoms with van der Waals surface area (Å²) in [5.41, 5.74) is 3.86. The SMILES string of the molecule is Cc1cc(C=Nc2ccc(O)c(C(=O)O)c2)c(C)n1C1CCCCC1. The van der Waals surface area contributed by atoms with Crippen molar-refractivity contribution in [1.29, 1.82) is 0 Å². The van der Waals surface area contributed by atoms with Crippen LogP contribution in [0.2, 0.25) is 0 Å². The van der Waals surface area contributed by atoms with Crippen molar-refractivity contribution < 1.29 is 15.0 Å². The zero-order valence-corrected chi connectivity index (χ0v) is 14.7. The van der Waals surface area contributed by atoms with Gasteiger partial charge in [-0.3, -0.25) is 4.99 Å². The van der Waals surface area contributed by atoms with Gasteiger partial charge in [-0.2, -0.15) is 0 Å². The Morgan fingerprint density at radius 3 is 2.60 bits per heavy atom. The van der Waals surface area contributed by atoms with Crippen molar-refractivity contribution in [2.24, 2.45) is 4.99 Å². The van der Waals surface area contributed by atoms with Gasteiger partial charge in [0.15, 0.2) is 0 Å². The van der Waals surface area contributed by atoms with Gasteiger partial charge >= 0.3 is 5.97 Å². The minimum atomic E-state index is -1.16. The number of aryl methyl sites for hydroxylation is 1. The normalized spacial score (nSPS) is 15.8. The van der Waals surface area contributed by atoms with E-state index >= 15 is 0 Å². The van der Waals surface area contributed by atoms with Gasteiger partial charge in [-0.05, 0) is 51.0 Å². The maximum absolute atomic E-state index is 11.1. The zero-order valence-electron chi connectivity index (χ0n) is 14.7. The molecule has 0 atom stereocenters. The molecule has 1 saturated carbocycles. The first-order chi connectivity index (χ1) is 12.0. The Bertz CT molecular complexity index is 815. The first kappa shape index (κ1) is 17.3. The number of carboxylic acid groups (broad SMARTS) is 1. The molecule has 1 aliphatic rings. The van der Waals surface area contributed by atoms with E-state index in [-0.39, 0.29) is 11.3 Å². The molecule has 132 valence electrons. The Kier molecular flexibility index (Phi) is 4.93. The van der Waals surface area contributed by atoms with Crippen LogP contribution in [0.4, 0.5) is 5.69 Å². The van der Waals surface area contributed by atoms with Gasteiger partial charge in [0.1, 0.15) is 11.3 Å². The van der Waals surface area contributed by atoms with Crippen LogP contribution in [0, 0.1) is 13.8 Å². The van der Waals surface area contributed by atoms with Crippen LogP contribution in [0.25, 0.3) is 0 Å². The summed E-state index contributed by atoms with van der Waals surface area (Å²) in [6, 6.07) is 7.06. The third-order valence-corrected chi connectivity index (χ3v) is 5.03. The van der Waals surface area contributed by atoms with Gasteiger partial charge in [0.25, 0.3) is 0 Å².